The van der Waals surface area contributed by atoms with Crippen molar-refractivity contribution in [3.8, 4) is 6.07 Å². The van der Waals surface area contributed by atoms with Gasteiger partial charge in [0, 0.05) is 12.4 Å². The average Bonchev–Trinajstić information content (AvgIpc) is 2.83. The first-order valence-corrected chi connectivity index (χ1v) is 6.03. The minimum absolute atomic E-state index is 0.398. The van der Waals surface area contributed by atoms with E-state index in [9.17, 15) is 0 Å². The van der Waals surface area contributed by atoms with E-state index in [1.54, 1.807) is 12.3 Å². The molecule has 0 aliphatic heterocycles. The Labute approximate surface area is 107 Å². The predicted octanol–water partition coefficient (Wildman–Crippen LogP) is 2.15. The van der Waals surface area contributed by atoms with E-state index in [0.717, 1.165) is 15.7 Å². The van der Waals surface area contributed by atoms with Crippen molar-refractivity contribution >= 4 is 17.4 Å². The standard InChI is InChI=1S/C12H7N5S/c13-8-9-10(4-3-6-14-9)18-12-16-15-11-5-1-2-7-17(11)12/h1-7H. The van der Waals surface area contributed by atoms with Crippen molar-refractivity contribution in [3.05, 3.63) is 48.4 Å². The molecule has 0 atom stereocenters. The van der Waals surface area contributed by atoms with E-state index in [-0.39, 0.29) is 0 Å². The van der Waals surface area contributed by atoms with E-state index in [2.05, 4.69) is 21.3 Å². The first-order chi connectivity index (χ1) is 8.88. The van der Waals surface area contributed by atoms with Crippen LogP contribution < -0.4 is 0 Å². The molecule has 3 rings (SSSR count). The Morgan fingerprint density at radius 1 is 1.17 bits per heavy atom. The third kappa shape index (κ3) is 1.81. The van der Waals surface area contributed by atoms with Crippen molar-refractivity contribution in [2.24, 2.45) is 0 Å². The van der Waals surface area contributed by atoms with Gasteiger partial charge in [0.25, 0.3) is 0 Å². The molecule has 0 radical (unpaired) electrons. The van der Waals surface area contributed by atoms with Gasteiger partial charge >= 0.3 is 0 Å². The van der Waals surface area contributed by atoms with Gasteiger partial charge in [-0.15, -0.1) is 10.2 Å². The normalized spacial score (nSPS) is 10.4. The van der Waals surface area contributed by atoms with Crippen LogP contribution >= 0.6 is 11.8 Å². The van der Waals surface area contributed by atoms with Gasteiger partial charge in [0.2, 0.25) is 5.16 Å². The van der Waals surface area contributed by atoms with E-state index in [4.69, 9.17) is 5.26 Å². The van der Waals surface area contributed by atoms with Gasteiger partial charge in [-0.05, 0) is 36.0 Å². The molecule has 0 saturated heterocycles. The van der Waals surface area contributed by atoms with Crippen LogP contribution in [0, 0.1) is 11.3 Å². The van der Waals surface area contributed by atoms with E-state index in [1.165, 1.54) is 11.8 Å². The van der Waals surface area contributed by atoms with Gasteiger partial charge in [-0.3, -0.25) is 4.40 Å². The average molecular weight is 253 g/mol. The Kier molecular flexibility index (Phi) is 2.67. The zero-order valence-electron chi connectivity index (χ0n) is 9.19. The first-order valence-electron chi connectivity index (χ1n) is 5.21. The topological polar surface area (TPSA) is 66.9 Å². The summed E-state index contributed by atoms with van der Waals surface area (Å²) in [7, 11) is 0. The molecule has 0 fully saturated rings. The van der Waals surface area contributed by atoms with Crippen LogP contribution in [-0.2, 0) is 0 Å². The van der Waals surface area contributed by atoms with Crippen LogP contribution in [0.5, 0.6) is 0 Å². The molecule has 3 aromatic rings. The molecule has 0 aliphatic rings. The van der Waals surface area contributed by atoms with Gasteiger partial charge in [0.1, 0.15) is 6.07 Å². The van der Waals surface area contributed by atoms with Crippen molar-refractivity contribution in [2.75, 3.05) is 0 Å². The van der Waals surface area contributed by atoms with Crippen LogP contribution in [0.4, 0.5) is 0 Å². The second kappa shape index (κ2) is 4.47. The summed E-state index contributed by atoms with van der Waals surface area (Å²) in [6.45, 7) is 0. The zero-order valence-corrected chi connectivity index (χ0v) is 10.0. The van der Waals surface area contributed by atoms with Crippen LogP contribution in [-0.4, -0.2) is 19.6 Å². The van der Waals surface area contributed by atoms with Crippen molar-refractivity contribution in [3.63, 3.8) is 0 Å². The monoisotopic (exact) mass is 253 g/mol. The molecular formula is C12H7N5S. The molecule has 3 heterocycles. The number of pyridine rings is 2. The van der Waals surface area contributed by atoms with E-state index >= 15 is 0 Å². The van der Waals surface area contributed by atoms with E-state index in [0.29, 0.717) is 5.69 Å². The molecule has 18 heavy (non-hydrogen) atoms. The Morgan fingerprint density at radius 2 is 2.11 bits per heavy atom. The molecule has 0 N–H and O–H groups in total. The number of aromatic nitrogens is 4. The Morgan fingerprint density at radius 3 is 3.00 bits per heavy atom. The molecule has 0 bridgehead atoms. The predicted molar refractivity (Wildman–Crippen MR) is 66.1 cm³/mol. The number of nitriles is 1. The minimum Gasteiger partial charge on any atom is -0.277 e. The number of rotatable bonds is 2. The maximum absolute atomic E-state index is 8.99. The third-order valence-electron chi connectivity index (χ3n) is 2.36. The Bertz CT molecular complexity index is 743. The van der Waals surface area contributed by atoms with Gasteiger partial charge in [-0.2, -0.15) is 5.26 Å². The molecular weight excluding hydrogens is 246 g/mol. The second-order valence-electron chi connectivity index (χ2n) is 3.48. The summed E-state index contributed by atoms with van der Waals surface area (Å²) < 4.78 is 1.87. The van der Waals surface area contributed by atoms with Gasteiger partial charge in [0.15, 0.2) is 11.3 Å². The van der Waals surface area contributed by atoms with E-state index < -0.39 is 0 Å². The summed E-state index contributed by atoms with van der Waals surface area (Å²) >= 11 is 1.38. The fourth-order valence-electron chi connectivity index (χ4n) is 1.54. The fourth-order valence-corrected chi connectivity index (χ4v) is 2.42. The first kappa shape index (κ1) is 10.7. The highest BCUT2D eigenvalue weighted by molar-refractivity contribution is 7.99. The van der Waals surface area contributed by atoms with Gasteiger partial charge in [-0.25, -0.2) is 4.98 Å². The van der Waals surface area contributed by atoms with Crippen LogP contribution in [0.25, 0.3) is 5.65 Å². The molecule has 0 unspecified atom stereocenters. The minimum atomic E-state index is 0.398. The molecule has 0 aromatic carbocycles. The lowest BCUT2D eigenvalue weighted by Gasteiger charge is -2.00. The summed E-state index contributed by atoms with van der Waals surface area (Å²) in [6, 6.07) is 11.4. The number of fused-ring (bicyclic) bond motifs is 1. The number of nitrogens with zero attached hydrogens (tertiary/aromatic N) is 5. The van der Waals surface area contributed by atoms with Crippen molar-refractivity contribution in [1.82, 2.24) is 19.6 Å². The van der Waals surface area contributed by atoms with Crippen LogP contribution in [0.1, 0.15) is 5.69 Å². The second-order valence-corrected chi connectivity index (χ2v) is 4.48. The van der Waals surface area contributed by atoms with Crippen molar-refractivity contribution < 1.29 is 0 Å². The Balaban J connectivity index is 2.05. The highest BCUT2D eigenvalue weighted by Crippen LogP contribution is 2.27. The molecule has 5 nitrogen and oxygen atoms in total. The third-order valence-corrected chi connectivity index (χ3v) is 3.37. The number of hydrogen-bond acceptors (Lipinski definition) is 5. The Hall–Kier alpha value is -2.39. The fraction of sp³-hybridized carbons (Fsp3) is 0. The molecule has 86 valence electrons. The summed E-state index contributed by atoms with van der Waals surface area (Å²) in [5.41, 5.74) is 1.18. The van der Waals surface area contributed by atoms with Crippen LogP contribution in [0.2, 0.25) is 0 Å². The molecule has 0 saturated carbocycles. The molecule has 3 aromatic heterocycles. The largest absolute Gasteiger partial charge is 0.277 e. The van der Waals surface area contributed by atoms with Crippen molar-refractivity contribution in [1.29, 1.82) is 5.26 Å². The van der Waals surface area contributed by atoms with Gasteiger partial charge in [-0.1, -0.05) is 6.07 Å². The van der Waals surface area contributed by atoms with Crippen LogP contribution in [0.15, 0.2) is 52.8 Å². The molecule has 0 amide bonds. The molecule has 0 aliphatic carbocycles. The quantitative estimate of drug-likeness (QED) is 0.700. The smallest absolute Gasteiger partial charge is 0.200 e. The number of hydrogen-bond donors (Lipinski definition) is 0. The molecule has 0 spiro atoms. The van der Waals surface area contributed by atoms with E-state index in [1.807, 2.05) is 34.9 Å². The van der Waals surface area contributed by atoms with Gasteiger partial charge in [0.05, 0.1) is 4.90 Å². The highest BCUT2D eigenvalue weighted by Gasteiger charge is 2.10. The summed E-state index contributed by atoms with van der Waals surface area (Å²) in [5.74, 6) is 0. The van der Waals surface area contributed by atoms with Gasteiger partial charge < -0.3 is 0 Å². The summed E-state index contributed by atoms with van der Waals surface area (Å²) in [4.78, 5) is 4.79. The lowest BCUT2D eigenvalue weighted by Crippen LogP contribution is -1.89. The maximum atomic E-state index is 8.99. The zero-order chi connectivity index (χ0) is 12.4. The molecule has 6 heteroatoms. The highest BCUT2D eigenvalue weighted by atomic mass is 32.2. The lowest BCUT2D eigenvalue weighted by atomic mass is 10.4. The SMILES string of the molecule is N#Cc1ncccc1Sc1nnc2ccccn12. The maximum Gasteiger partial charge on any atom is 0.200 e. The van der Waals surface area contributed by atoms with Crippen molar-refractivity contribution in [2.45, 2.75) is 10.1 Å². The summed E-state index contributed by atoms with van der Waals surface area (Å²) in [5, 5.41) is 17.9. The summed E-state index contributed by atoms with van der Waals surface area (Å²) in [6.07, 6.45) is 3.49. The lowest BCUT2D eigenvalue weighted by molar-refractivity contribution is 0.920. The van der Waals surface area contributed by atoms with Crippen LogP contribution in [0.3, 0.4) is 0 Å².